The van der Waals surface area contributed by atoms with E-state index in [1.54, 1.807) is 0 Å². The number of nitro groups is 1. The van der Waals surface area contributed by atoms with Gasteiger partial charge in [-0.05, 0) is 24.1 Å². The van der Waals surface area contributed by atoms with Crippen molar-refractivity contribution in [1.82, 2.24) is 24.6 Å². The van der Waals surface area contributed by atoms with Crippen LogP contribution in [0.1, 0.15) is 24.1 Å². The minimum absolute atomic E-state index is 0.00132. The van der Waals surface area contributed by atoms with Crippen LogP contribution in [-0.4, -0.2) is 47.3 Å². The van der Waals surface area contributed by atoms with Crippen molar-refractivity contribution in [2.24, 2.45) is 0 Å². The van der Waals surface area contributed by atoms with Crippen molar-refractivity contribution in [2.75, 3.05) is 12.3 Å². The first kappa shape index (κ1) is 29.2. The van der Waals surface area contributed by atoms with Gasteiger partial charge in [-0.2, -0.15) is 13.9 Å². The minimum Gasteiger partial charge on any atom is -0.465 e. The standard InChI is InChI=1S/C28H18F5N7O5/c29-16-9-14(45-25-21(32)17(30)10-18(31)22(25)33)5-6-15(16)23-20-26(34)35-11-36-27(20)39(37-23)19-7-8-38(28(41)42)24(19)12-1-3-13(4-2-12)40(43)44/h1-6,9-11,19,24H,7-8H2,(H,41,42)(H2,34,35,36)/t19-,24?/m1/s1. The predicted molar refractivity (Wildman–Crippen MR) is 146 cm³/mol. The lowest BCUT2D eigenvalue weighted by Gasteiger charge is -2.26. The first-order valence-corrected chi connectivity index (χ1v) is 13.0. The van der Waals surface area contributed by atoms with Crippen LogP contribution in [0.25, 0.3) is 22.3 Å². The van der Waals surface area contributed by atoms with Crippen molar-refractivity contribution in [3.63, 3.8) is 0 Å². The summed E-state index contributed by atoms with van der Waals surface area (Å²) in [4.78, 5) is 32.1. The molecule has 3 N–H and O–H groups in total. The number of aromatic nitrogens is 4. The highest BCUT2D eigenvalue weighted by Crippen LogP contribution is 2.44. The summed E-state index contributed by atoms with van der Waals surface area (Å²) in [7, 11) is 0. The molecular formula is C28H18F5N7O5. The molecule has 230 valence electrons. The largest absolute Gasteiger partial charge is 0.465 e. The normalized spacial score (nSPS) is 16.3. The monoisotopic (exact) mass is 627 g/mol. The Kier molecular flexibility index (Phi) is 7.14. The van der Waals surface area contributed by atoms with Gasteiger partial charge < -0.3 is 15.6 Å². The molecule has 1 fully saturated rings. The topological polar surface area (TPSA) is 163 Å². The summed E-state index contributed by atoms with van der Waals surface area (Å²) in [5.74, 6) is -10.1. The molecular weight excluding hydrogens is 609 g/mol. The number of carboxylic acid groups (broad SMARTS) is 1. The highest BCUT2D eigenvalue weighted by atomic mass is 19.2. The van der Waals surface area contributed by atoms with Gasteiger partial charge in [0.15, 0.2) is 17.3 Å². The number of carbonyl (C=O) groups is 1. The number of ether oxygens (including phenoxy) is 1. The van der Waals surface area contributed by atoms with E-state index < -0.39 is 63.7 Å². The highest BCUT2D eigenvalue weighted by Gasteiger charge is 2.41. The van der Waals surface area contributed by atoms with E-state index in [0.29, 0.717) is 11.6 Å². The van der Waals surface area contributed by atoms with Crippen LogP contribution in [0.2, 0.25) is 0 Å². The van der Waals surface area contributed by atoms with Crippen LogP contribution >= 0.6 is 0 Å². The zero-order chi connectivity index (χ0) is 32.2. The molecule has 17 heteroatoms. The van der Waals surface area contributed by atoms with Crippen LogP contribution in [0, 0.1) is 39.2 Å². The number of non-ortho nitro benzene ring substituents is 1. The smallest absolute Gasteiger partial charge is 0.407 e. The Balaban J connectivity index is 1.44. The third kappa shape index (κ3) is 4.96. The molecule has 12 nitrogen and oxygen atoms in total. The van der Waals surface area contributed by atoms with Gasteiger partial charge in [-0.25, -0.2) is 32.6 Å². The summed E-state index contributed by atoms with van der Waals surface area (Å²) < 4.78 is 77.4. The molecule has 45 heavy (non-hydrogen) atoms. The summed E-state index contributed by atoms with van der Waals surface area (Å²) in [6.07, 6.45) is 0.114. The van der Waals surface area contributed by atoms with E-state index in [4.69, 9.17) is 10.5 Å². The number of benzene rings is 3. The van der Waals surface area contributed by atoms with E-state index in [1.165, 1.54) is 28.9 Å². The second-order valence-electron chi connectivity index (χ2n) is 9.92. The number of hydrogen-bond donors (Lipinski definition) is 2. The van der Waals surface area contributed by atoms with Gasteiger partial charge in [-0.1, -0.05) is 12.1 Å². The molecule has 0 aliphatic carbocycles. The molecule has 6 rings (SSSR count). The molecule has 3 heterocycles. The van der Waals surface area contributed by atoms with Crippen molar-refractivity contribution in [1.29, 1.82) is 0 Å². The maximum Gasteiger partial charge on any atom is 0.407 e. The second-order valence-corrected chi connectivity index (χ2v) is 9.92. The molecule has 1 amide bonds. The Labute approximate surface area is 248 Å². The average molecular weight is 627 g/mol. The van der Waals surface area contributed by atoms with E-state index in [2.05, 4.69) is 15.1 Å². The number of nitrogens with two attached hydrogens (primary N) is 1. The van der Waals surface area contributed by atoms with E-state index >= 15 is 4.39 Å². The SMILES string of the molecule is Nc1ncnc2c1c(-c1ccc(Oc3c(F)c(F)cc(F)c3F)cc1F)nn2[C@@H]1CCN(C(=O)O)C1c1ccc([N+](=O)[O-])cc1. The Hall–Kier alpha value is -5.87. The Bertz CT molecular complexity index is 1980. The van der Waals surface area contributed by atoms with Crippen molar-refractivity contribution in [3.05, 3.63) is 99.6 Å². The number of amides is 1. The number of anilines is 1. The molecule has 1 aliphatic heterocycles. The van der Waals surface area contributed by atoms with E-state index in [0.717, 1.165) is 23.4 Å². The molecule has 0 saturated carbocycles. The molecule has 1 unspecified atom stereocenters. The fraction of sp³-hybridized carbons (Fsp3) is 0.143. The van der Waals surface area contributed by atoms with Gasteiger partial charge in [0.25, 0.3) is 5.69 Å². The van der Waals surface area contributed by atoms with Crippen LogP contribution in [0.15, 0.2) is 54.9 Å². The maximum absolute atomic E-state index is 15.6. The lowest BCUT2D eigenvalue weighted by molar-refractivity contribution is -0.384. The molecule has 0 bridgehead atoms. The Morgan fingerprint density at radius 3 is 2.31 bits per heavy atom. The molecule has 2 atom stereocenters. The number of nitrogens with zero attached hydrogens (tertiary/aromatic N) is 6. The molecule has 5 aromatic rings. The van der Waals surface area contributed by atoms with Crippen LogP contribution in [-0.2, 0) is 0 Å². The van der Waals surface area contributed by atoms with Gasteiger partial charge in [0, 0.05) is 36.4 Å². The molecule has 1 aliphatic rings. The first-order chi connectivity index (χ1) is 21.5. The fourth-order valence-corrected chi connectivity index (χ4v) is 5.37. The number of hydrogen-bond acceptors (Lipinski definition) is 8. The number of nitro benzene ring substituents is 1. The Morgan fingerprint density at radius 2 is 1.69 bits per heavy atom. The zero-order valence-electron chi connectivity index (χ0n) is 22.5. The third-order valence-electron chi connectivity index (χ3n) is 7.38. The number of fused-ring (bicyclic) bond motifs is 1. The van der Waals surface area contributed by atoms with E-state index in [-0.39, 0.29) is 52.8 Å². The number of nitrogen functional groups attached to an aromatic ring is 1. The summed E-state index contributed by atoms with van der Waals surface area (Å²) in [5, 5.41) is 25.7. The molecule has 1 saturated heterocycles. The Morgan fingerprint density at radius 1 is 1.00 bits per heavy atom. The van der Waals surface area contributed by atoms with Gasteiger partial charge in [0.1, 0.15) is 29.4 Å². The highest BCUT2D eigenvalue weighted by molar-refractivity contribution is 5.98. The van der Waals surface area contributed by atoms with Gasteiger partial charge in [0.2, 0.25) is 17.4 Å². The summed E-state index contributed by atoms with van der Waals surface area (Å²) in [5.41, 5.74) is 6.23. The first-order valence-electron chi connectivity index (χ1n) is 13.0. The van der Waals surface area contributed by atoms with Crippen LogP contribution < -0.4 is 10.5 Å². The van der Waals surface area contributed by atoms with Crippen LogP contribution in [0.4, 0.5) is 38.3 Å². The number of rotatable bonds is 6. The number of halogens is 5. The van der Waals surface area contributed by atoms with E-state index in [1.807, 2.05) is 0 Å². The minimum atomic E-state index is -1.82. The third-order valence-corrected chi connectivity index (χ3v) is 7.38. The second kappa shape index (κ2) is 11.0. The molecule has 2 aromatic heterocycles. The molecule has 3 aromatic carbocycles. The quantitative estimate of drug-likeness (QED) is 0.0975. The van der Waals surface area contributed by atoms with Gasteiger partial charge in [-0.3, -0.25) is 15.0 Å². The summed E-state index contributed by atoms with van der Waals surface area (Å²) >= 11 is 0. The summed E-state index contributed by atoms with van der Waals surface area (Å²) in [6.45, 7) is 0.0626. The van der Waals surface area contributed by atoms with Crippen molar-refractivity contribution < 1.29 is 41.5 Å². The van der Waals surface area contributed by atoms with Gasteiger partial charge in [-0.15, -0.1) is 0 Å². The van der Waals surface area contributed by atoms with Crippen molar-refractivity contribution in [2.45, 2.75) is 18.5 Å². The average Bonchev–Trinajstić information content (AvgIpc) is 3.61. The lowest BCUT2D eigenvalue weighted by Crippen LogP contribution is -2.31. The van der Waals surface area contributed by atoms with Gasteiger partial charge >= 0.3 is 6.09 Å². The molecule has 0 radical (unpaired) electrons. The van der Waals surface area contributed by atoms with Crippen LogP contribution in [0.3, 0.4) is 0 Å². The summed E-state index contributed by atoms with van der Waals surface area (Å²) in [6, 6.07) is 6.65. The molecule has 0 spiro atoms. The lowest BCUT2D eigenvalue weighted by atomic mass is 10.00. The van der Waals surface area contributed by atoms with E-state index in [9.17, 15) is 37.6 Å². The predicted octanol–water partition coefficient (Wildman–Crippen LogP) is 6.14. The zero-order valence-corrected chi connectivity index (χ0v) is 22.5. The fourth-order valence-electron chi connectivity index (χ4n) is 5.37. The van der Waals surface area contributed by atoms with Crippen molar-refractivity contribution in [3.8, 4) is 22.8 Å². The van der Waals surface area contributed by atoms with Gasteiger partial charge in [0.05, 0.1) is 22.4 Å². The number of likely N-dealkylation sites (tertiary alicyclic amines) is 1. The maximum atomic E-state index is 15.6. The van der Waals surface area contributed by atoms with Crippen LogP contribution in [0.5, 0.6) is 11.5 Å². The van der Waals surface area contributed by atoms with Crippen molar-refractivity contribution >= 4 is 28.6 Å².